The van der Waals surface area contributed by atoms with E-state index in [1.807, 2.05) is 0 Å². The molecule has 4 heteroatoms. The Morgan fingerprint density at radius 3 is 3.17 bits per heavy atom. The summed E-state index contributed by atoms with van der Waals surface area (Å²) in [5, 5.41) is 13.0. The van der Waals surface area contributed by atoms with Gasteiger partial charge in [0.15, 0.2) is 0 Å². The van der Waals surface area contributed by atoms with Crippen molar-refractivity contribution in [3.8, 4) is 0 Å². The van der Waals surface area contributed by atoms with Crippen LogP contribution in [0.5, 0.6) is 0 Å². The molecule has 0 spiro atoms. The van der Waals surface area contributed by atoms with E-state index in [0.717, 1.165) is 5.75 Å². The van der Waals surface area contributed by atoms with Crippen LogP contribution in [0.2, 0.25) is 0 Å². The maximum atomic E-state index is 8.56. The minimum atomic E-state index is 0.246. The number of hydrogen-bond acceptors (Lipinski definition) is 4. The number of hydrogen-bond donors (Lipinski definition) is 2. The Kier molecular flexibility index (Phi) is 4.65. The predicted molar refractivity (Wildman–Crippen MR) is 57.0 cm³/mol. The van der Waals surface area contributed by atoms with Crippen molar-refractivity contribution in [2.45, 2.75) is 13.0 Å². The molecule has 0 fully saturated rings. The minimum absolute atomic E-state index is 0.246. The van der Waals surface area contributed by atoms with E-state index in [1.54, 1.807) is 21.6 Å². The van der Waals surface area contributed by atoms with Crippen molar-refractivity contribution in [1.82, 2.24) is 5.32 Å². The summed E-state index contributed by atoms with van der Waals surface area (Å²) >= 11 is 0. The maximum absolute atomic E-state index is 8.56. The van der Waals surface area contributed by atoms with Gasteiger partial charge in [0.25, 0.3) is 0 Å². The molecule has 1 aliphatic rings. The molecular formula is C8H13NOS2. The molecule has 68 valence electrons. The van der Waals surface area contributed by atoms with Gasteiger partial charge in [-0.3, -0.25) is 0 Å². The van der Waals surface area contributed by atoms with Gasteiger partial charge in [-0.2, -0.15) is 0 Å². The average Bonchev–Trinajstić information content (AvgIpc) is 2.05. The van der Waals surface area contributed by atoms with Crippen molar-refractivity contribution in [2.24, 2.45) is 0 Å². The van der Waals surface area contributed by atoms with Crippen LogP contribution in [0.3, 0.4) is 0 Å². The summed E-state index contributed by atoms with van der Waals surface area (Å²) in [5.41, 5.74) is 0. The number of nitrogens with one attached hydrogen (secondary N) is 1. The summed E-state index contributed by atoms with van der Waals surface area (Å²) in [5.74, 6) is 0.780. The lowest BCUT2D eigenvalue weighted by atomic mass is 10.2. The molecule has 1 aliphatic heterocycles. The zero-order chi connectivity index (χ0) is 8.81. The first-order valence-electron chi connectivity index (χ1n) is 3.88. The van der Waals surface area contributed by atoms with E-state index in [4.69, 9.17) is 5.11 Å². The molecule has 0 saturated carbocycles. The lowest BCUT2D eigenvalue weighted by Gasteiger charge is -2.16. The minimum Gasteiger partial charge on any atom is -0.395 e. The first-order valence-corrected chi connectivity index (χ1v) is 6.20. The van der Waals surface area contributed by atoms with Gasteiger partial charge in [-0.15, -0.1) is 0 Å². The third-order valence-electron chi connectivity index (χ3n) is 1.34. The second-order valence-electron chi connectivity index (χ2n) is 2.48. The fourth-order valence-corrected chi connectivity index (χ4v) is 2.64. The second-order valence-corrected chi connectivity index (χ2v) is 4.94. The Morgan fingerprint density at radius 2 is 2.50 bits per heavy atom. The van der Waals surface area contributed by atoms with E-state index in [0.29, 0.717) is 6.04 Å². The topological polar surface area (TPSA) is 32.3 Å². The van der Waals surface area contributed by atoms with Gasteiger partial charge in [-0.1, -0.05) is 22.9 Å². The molecule has 1 rings (SSSR count). The molecule has 1 unspecified atom stereocenters. The molecule has 1 atom stereocenters. The van der Waals surface area contributed by atoms with Crippen LogP contribution < -0.4 is 5.32 Å². The van der Waals surface area contributed by atoms with E-state index >= 15 is 0 Å². The second kappa shape index (κ2) is 5.56. The number of aliphatic hydroxyl groups excluding tert-OH is 1. The van der Waals surface area contributed by atoms with E-state index in [9.17, 15) is 0 Å². The molecular weight excluding hydrogens is 190 g/mol. The van der Waals surface area contributed by atoms with Gasteiger partial charge < -0.3 is 10.4 Å². The third-order valence-corrected chi connectivity index (χ3v) is 3.63. The van der Waals surface area contributed by atoms with Crippen LogP contribution in [-0.2, 0) is 0 Å². The molecule has 0 bridgehead atoms. The molecule has 0 aromatic rings. The van der Waals surface area contributed by atoms with Crippen molar-refractivity contribution in [1.29, 1.82) is 0 Å². The van der Waals surface area contributed by atoms with E-state index in [-0.39, 0.29) is 6.61 Å². The highest BCUT2D eigenvalue weighted by atomic mass is 33.1. The SMILES string of the molecule is CC1C=CC=C(SSCCO)N1. The fourth-order valence-electron chi connectivity index (χ4n) is 0.824. The Bertz CT molecular complexity index is 191. The van der Waals surface area contributed by atoms with Gasteiger partial charge in [0.1, 0.15) is 0 Å². The van der Waals surface area contributed by atoms with Crippen LogP contribution in [0.4, 0.5) is 0 Å². The molecule has 0 amide bonds. The molecule has 1 heterocycles. The zero-order valence-corrected chi connectivity index (χ0v) is 8.62. The zero-order valence-electron chi connectivity index (χ0n) is 6.99. The van der Waals surface area contributed by atoms with Crippen molar-refractivity contribution >= 4 is 21.6 Å². The summed E-state index contributed by atoms with van der Waals surface area (Å²) in [6, 6.07) is 0.423. The highest BCUT2D eigenvalue weighted by molar-refractivity contribution is 8.78. The summed E-state index contributed by atoms with van der Waals surface area (Å²) in [7, 11) is 3.34. The molecule has 0 aliphatic carbocycles. The van der Waals surface area contributed by atoms with Crippen LogP contribution in [0, 0.1) is 0 Å². The highest BCUT2D eigenvalue weighted by Crippen LogP contribution is 2.29. The third kappa shape index (κ3) is 3.56. The molecule has 0 saturated heterocycles. The molecule has 2 N–H and O–H groups in total. The van der Waals surface area contributed by atoms with Gasteiger partial charge >= 0.3 is 0 Å². The van der Waals surface area contributed by atoms with Gasteiger partial charge in [0.05, 0.1) is 11.6 Å². The van der Waals surface area contributed by atoms with Gasteiger partial charge in [0, 0.05) is 11.8 Å². The van der Waals surface area contributed by atoms with E-state index in [1.165, 1.54) is 5.03 Å². The van der Waals surface area contributed by atoms with Crippen LogP contribution in [-0.4, -0.2) is 23.5 Å². The largest absolute Gasteiger partial charge is 0.395 e. The van der Waals surface area contributed by atoms with Crippen LogP contribution >= 0.6 is 21.6 Å². The Labute approximate surface area is 80.9 Å². The normalized spacial score (nSPS) is 21.8. The van der Waals surface area contributed by atoms with E-state index in [2.05, 4.69) is 30.5 Å². The van der Waals surface area contributed by atoms with Gasteiger partial charge in [-0.05, 0) is 23.8 Å². The highest BCUT2D eigenvalue weighted by Gasteiger charge is 2.04. The van der Waals surface area contributed by atoms with Gasteiger partial charge in [-0.25, -0.2) is 0 Å². The Morgan fingerprint density at radius 1 is 1.67 bits per heavy atom. The first kappa shape index (κ1) is 10.0. The average molecular weight is 203 g/mol. The van der Waals surface area contributed by atoms with Crippen LogP contribution in [0.1, 0.15) is 6.92 Å². The summed E-state index contributed by atoms with van der Waals surface area (Å²) in [4.78, 5) is 0. The lowest BCUT2D eigenvalue weighted by Crippen LogP contribution is -2.23. The predicted octanol–water partition coefficient (Wildman–Crippen LogP) is 1.75. The molecule has 2 nitrogen and oxygen atoms in total. The summed E-state index contributed by atoms with van der Waals surface area (Å²) in [6.45, 7) is 2.36. The number of dihydropyridines is 1. The molecule has 0 aromatic carbocycles. The van der Waals surface area contributed by atoms with Crippen molar-refractivity contribution < 1.29 is 5.11 Å². The van der Waals surface area contributed by atoms with Crippen molar-refractivity contribution in [2.75, 3.05) is 12.4 Å². The summed E-state index contributed by atoms with van der Waals surface area (Å²) < 4.78 is 0. The first-order chi connectivity index (χ1) is 5.83. The van der Waals surface area contributed by atoms with Crippen LogP contribution in [0.15, 0.2) is 23.3 Å². The van der Waals surface area contributed by atoms with E-state index < -0.39 is 0 Å². The Hall–Kier alpha value is -0.0600. The molecule has 12 heavy (non-hydrogen) atoms. The lowest BCUT2D eigenvalue weighted by molar-refractivity contribution is 0.323. The standard InChI is InChI=1S/C8H13NOS2/c1-7-3-2-4-8(9-7)12-11-6-5-10/h2-4,7,9-10H,5-6H2,1H3. The van der Waals surface area contributed by atoms with Crippen molar-refractivity contribution in [3.63, 3.8) is 0 Å². The number of rotatable bonds is 4. The number of allylic oxidation sites excluding steroid dienone is 2. The van der Waals surface area contributed by atoms with Crippen molar-refractivity contribution in [3.05, 3.63) is 23.3 Å². The monoisotopic (exact) mass is 203 g/mol. The smallest absolute Gasteiger partial charge is 0.0793 e. The fraction of sp³-hybridized carbons (Fsp3) is 0.500. The van der Waals surface area contributed by atoms with Crippen LogP contribution in [0.25, 0.3) is 0 Å². The number of aliphatic hydroxyl groups is 1. The molecule has 0 aromatic heterocycles. The Balaban J connectivity index is 2.23. The quantitative estimate of drug-likeness (QED) is 0.538. The van der Waals surface area contributed by atoms with Gasteiger partial charge in [0.2, 0.25) is 0 Å². The summed E-state index contributed by atoms with van der Waals surface area (Å²) in [6.07, 6.45) is 6.22. The molecule has 0 radical (unpaired) electrons. The maximum Gasteiger partial charge on any atom is 0.0793 e.